The Hall–Kier alpha value is -1.67. The summed E-state index contributed by atoms with van der Waals surface area (Å²) in [5.41, 5.74) is 6.27. The van der Waals surface area contributed by atoms with Crippen molar-refractivity contribution in [3.8, 4) is 0 Å². The molecule has 0 aliphatic rings. The maximum atomic E-state index is 13.3. The first-order valence-electron chi connectivity index (χ1n) is 5.73. The lowest BCUT2D eigenvalue weighted by Gasteiger charge is -2.09. The van der Waals surface area contributed by atoms with Gasteiger partial charge in [0.2, 0.25) is 0 Å². The fourth-order valence-corrected chi connectivity index (χ4v) is 3.96. The van der Waals surface area contributed by atoms with Crippen LogP contribution in [0.3, 0.4) is 0 Å². The number of nitrogens with two attached hydrogens (primary N) is 1. The first kappa shape index (κ1) is 14.7. The number of thiazole rings is 1. The number of hydrogen-bond donors (Lipinski definition) is 2. The number of halogens is 1. The predicted octanol–water partition coefficient (Wildman–Crippen LogP) is 2.59. The van der Waals surface area contributed by atoms with Crippen molar-refractivity contribution in [1.29, 1.82) is 0 Å². The summed E-state index contributed by atoms with van der Waals surface area (Å²) in [7, 11) is -3.84. The summed E-state index contributed by atoms with van der Waals surface area (Å²) in [5.74, 6) is -0.637. The van der Waals surface area contributed by atoms with Gasteiger partial charge in [0.1, 0.15) is 5.82 Å². The number of anilines is 2. The van der Waals surface area contributed by atoms with Crippen LogP contribution in [0.5, 0.6) is 0 Å². The van der Waals surface area contributed by atoms with Crippen molar-refractivity contribution < 1.29 is 12.8 Å². The zero-order valence-corrected chi connectivity index (χ0v) is 12.8. The lowest BCUT2D eigenvalue weighted by molar-refractivity contribution is 0.599. The maximum Gasteiger partial charge on any atom is 0.264 e. The quantitative estimate of drug-likeness (QED) is 0.853. The van der Waals surface area contributed by atoms with E-state index in [1.54, 1.807) is 6.92 Å². The van der Waals surface area contributed by atoms with Crippen LogP contribution in [0.2, 0.25) is 0 Å². The van der Waals surface area contributed by atoms with E-state index >= 15 is 0 Å². The topological polar surface area (TPSA) is 85.1 Å². The van der Waals surface area contributed by atoms with Crippen LogP contribution in [-0.2, 0) is 10.0 Å². The Morgan fingerprint density at radius 1 is 1.30 bits per heavy atom. The number of hydrogen-bond acceptors (Lipinski definition) is 5. The molecule has 0 saturated heterocycles. The average molecular weight is 315 g/mol. The van der Waals surface area contributed by atoms with Gasteiger partial charge in [0.15, 0.2) is 5.13 Å². The Kier molecular flexibility index (Phi) is 3.70. The van der Waals surface area contributed by atoms with Crippen LogP contribution in [0.4, 0.5) is 15.2 Å². The lowest BCUT2D eigenvalue weighted by Crippen LogP contribution is -2.15. The van der Waals surface area contributed by atoms with Gasteiger partial charge in [0, 0.05) is 4.88 Å². The molecule has 0 atom stereocenters. The van der Waals surface area contributed by atoms with Gasteiger partial charge in [0.05, 0.1) is 16.3 Å². The number of benzene rings is 1. The molecule has 0 aliphatic carbocycles. The van der Waals surface area contributed by atoms with Crippen molar-refractivity contribution in [1.82, 2.24) is 4.98 Å². The highest BCUT2D eigenvalue weighted by atomic mass is 32.2. The van der Waals surface area contributed by atoms with E-state index in [1.807, 2.05) is 6.92 Å². The van der Waals surface area contributed by atoms with Crippen molar-refractivity contribution in [2.24, 2.45) is 0 Å². The molecule has 3 N–H and O–H groups in total. The van der Waals surface area contributed by atoms with Gasteiger partial charge in [-0.05, 0) is 38.5 Å². The van der Waals surface area contributed by atoms with Crippen LogP contribution in [0.1, 0.15) is 16.1 Å². The van der Waals surface area contributed by atoms with E-state index in [9.17, 15) is 12.8 Å². The Balaban J connectivity index is 2.43. The minimum absolute atomic E-state index is 0.0538. The molecule has 0 bridgehead atoms. The van der Waals surface area contributed by atoms with Gasteiger partial charge >= 0.3 is 0 Å². The molecule has 0 saturated carbocycles. The van der Waals surface area contributed by atoms with Gasteiger partial charge in [-0.3, -0.25) is 4.72 Å². The zero-order chi connectivity index (χ0) is 15.1. The summed E-state index contributed by atoms with van der Waals surface area (Å²) in [6, 6.07) is 2.21. The van der Waals surface area contributed by atoms with E-state index in [4.69, 9.17) is 5.73 Å². The number of rotatable bonds is 3. The third kappa shape index (κ3) is 2.75. The number of sulfonamides is 1. The summed E-state index contributed by atoms with van der Waals surface area (Å²) in [4.78, 5) is 4.99. The van der Waals surface area contributed by atoms with E-state index in [0.717, 1.165) is 22.7 Å². The fraction of sp³-hybridized carbons (Fsp3) is 0.250. The van der Waals surface area contributed by atoms with Crippen LogP contribution >= 0.6 is 11.3 Å². The van der Waals surface area contributed by atoms with Gasteiger partial charge in [0.25, 0.3) is 10.0 Å². The molecule has 108 valence electrons. The van der Waals surface area contributed by atoms with Gasteiger partial charge in [-0.1, -0.05) is 0 Å². The van der Waals surface area contributed by atoms with E-state index in [1.165, 1.54) is 18.3 Å². The number of nitrogen functional groups attached to an aromatic ring is 1. The van der Waals surface area contributed by atoms with Crippen molar-refractivity contribution in [3.63, 3.8) is 0 Å². The number of aromatic nitrogens is 1. The van der Waals surface area contributed by atoms with Crippen LogP contribution in [0.25, 0.3) is 0 Å². The van der Waals surface area contributed by atoms with E-state index in [2.05, 4.69) is 9.71 Å². The number of aryl methyl sites for hydroxylation is 3. The van der Waals surface area contributed by atoms with Gasteiger partial charge in [-0.15, -0.1) is 11.3 Å². The maximum absolute atomic E-state index is 13.3. The van der Waals surface area contributed by atoms with Crippen LogP contribution in [-0.4, -0.2) is 13.4 Å². The summed E-state index contributed by atoms with van der Waals surface area (Å²) < 4.78 is 40.2. The second-order valence-corrected chi connectivity index (χ2v) is 7.26. The highest BCUT2D eigenvalue weighted by molar-refractivity contribution is 7.93. The van der Waals surface area contributed by atoms with Crippen LogP contribution in [0, 0.1) is 26.6 Å². The van der Waals surface area contributed by atoms with Crippen molar-refractivity contribution in [2.45, 2.75) is 25.7 Å². The number of nitrogens with zero attached hydrogens (tertiary/aromatic N) is 1. The highest BCUT2D eigenvalue weighted by Gasteiger charge is 2.20. The van der Waals surface area contributed by atoms with Crippen molar-refractivity contribution >= 4 is 32.2 Å². The molecule has 2 rings (SSSR count). The van der Waals surface area contributed by atoms with Gasteiger partial charge in [-0.2, -0.15) is 0 Å². The molecule has 1 aromatic carbocycles. The van der Waals surface area contributed by atoms with Crippen molar-refractivity contribution in [3.05, 3.63) is 34.1 Å². The minimum Gasteiger partial charge on any atom is -0.396 e. The summed E-state index contributed by atoms with van der Waals surface area (Å²) in [6.07, 6.45) is 0. The third-order valence-corrected chi connectivity index (χ3v) is 5.43. The predicted molar refractivity (Wildman–Crippen MR) is 77.9 cm³/mol. The molecule has 0 amide bonds. The monoisotopic (exact) mass is 315 g/mol. The summed E-state index contributed by atoms with van der Waals surface area (Å²) >= 11 is 1.24. The molecular formula is C12H14FN3O2S2. The zero-order valence-electron chi connectivity index (χ0n) is 11.2. The molecule has 0 radical (unpaired) electrons. The number of nitrogens with one attached hydrogen (secondary N) is 1. The van der Waals surface area contributed by atoms with Crippen molar-refractivity contribution in [2.75, 3.05) is 10.5 Å². The molecule has 1 aromatic heterocycles. The Morgan fingerprint density at radius 3 is 2.50 bits per heavy atom. The van der Waals surface area contributed by atoms with Crippen LogP contribution in [0.15, 0.2) is 17.0 Å². The normalized spacial score (nSPS) is 11.6. The Morgan fingerprint density at radius 2 is 1.95 bits per heavy atom. The Labute approximate surface area is 120 Å². The lowest BCUT2D eigenvalue weighted by atomic mass is 10.2. The molecule has 0 aliphatic heterocycles. The standard InChI is InChI=1S/C12H14FN3O2S2/c1-6-4-9(13)10(14)5-11(6)20(17,18)16-12-15-7(2)8(3)19-12/h4-5H,14H2,1-3H3,(H,15,16). The SMILES string of the molecule is Cc1cc(F)c(N)cc1S(=O)(=O)Nc1nc(C)c(C)s1. The molecular weight excluding hydrogens is 301 g/mol. The minimum atomic E-state index is -3.84. The second kappa shape index (κ2) is 5.02. The molecule has 2 aromatic rings. The first-order chi connectivity index (χ1) is 9.20. The molecule has 5 nitrogen and oxygen atoms in total. The fourth-order valence-electron chi connectivity index (χ4n) is 1.64. The van der Waals surface area contributed by atoms with Crippen LogP contribution < -0.4 is 10.5 Å². The average Bonchev–Trinajstić information content (AvgIpc) is 2.61. The summed E-state index contributed by atoms with van der Waals surface area (Å²) in [6.45, 7) is 5.16. The largest absolute Gasteiger partial charge is 0.396 e. The smallest absolute Gasteiger partial charge is 0.264 e. The van der Waals surface area contributed by atoms with Gasteiger partial charge in [-0.25, -0.2) is 17.8 Å². The first-order valence-corrected chi connectivity index (χ1v) is 8.03. The molecule has 8 heteroatoms. The van der Waals surface area contributed by atoms with Gasteiger partial charge < -0.3 is 5.73 Å². The molecule has 0 unspecified atom stereocenters. The van der Waals surface area contributed by atoms with E-state index in [-0.39, 0.29) is 21.3 Å². The second-order valence-electron chi connectivity index (χ2n) is 4.41. The third-order valence-electron chi connectivity index (χ3n) is 2.83. The molecule has 0 fully saturated rings. The van der Waals surface area contributed by atoms with E-state index < -0.39 is 15.8 Å². The molecule has 20 heavy (non-hydrogen) atoms. The molecule has 0 spiro atoms. The highest BCUT2D eigenvalue weighted by Crippen LogP contribution is 2.27. The Bertz CT molecular complexity index is 750. The molecule has 1 heterocycles. The summed E-state index contributed by atoms with van der Waals surface area (Å²) in [5, 5.41) is 0.280. The van der Waals surface area contributed by atoms with E-state index in [0.29, 0.717) is 0 Å².